The molecule has 166 valence electrons. The molecule has 0 radical (unpaired) electrons. The monoisotopic (exact) mass is 438 g/mol. The topological polar surface area (TPSA) is 126 Å². The van der Waals surface area contributed by atoms with Crippen LogP contribution in [0.1, 0.15) is 35.2 Å². The molecule has 1 fully saturated rings. The molecule has 2 aromatic carbocycles. The Morgan fingerprint density at radius 2 is 2.00 bits per heavy atom. The van der Waals surface area contributed by atoms with Gasteiger partial charge in [0.25, 0.3) is 0 Å². The number of hydrogen-bond acceptors (Lipinski definition) is 5. The molecule has 0 unspecified atom stereocenters. The van der Waals surface area contributed by atoms with E-state index in [4.69, 9.17) is 5.73 Å². The fourth-order valence-corrected chi connectivity index (χ4v) is 3.96. The third-order valence-corrected chi connectivity index (χ3v) is 5.73. The molecule has 3 aromatic rings. The number of aromatic nitrogens is 1. The highest BCUT2D eigenvalue weighted by molar-refractivity contribution is 6.01. The Hall–Kier alpha value is -3.72. The van der Waals surface area contributed by atoms with E-state index in [-0.39, 0.29) is 29.2 Å². The molecule has 8 nitrogen and oxygen atoms in total. The lowest BCUT2D eigenvalue weighted by molar-refractivity contribution is -0.115. The van der Waals surface area contributed by atoms with Gasteiger partial charge in [0.2, 0.25) is 11.3 Å². The lowest BCUT2D eigenvalue weighted by Crippen LogP contribution is -2.30. The summed E-state index contributed by atoms with van der Waals surface area (Å²) in [6, 6.07) is 11.5. The molecular weight excluding hydrogens is 415 g/mol. The van der Waals surface area contributed by atoms with E-state index in [0.717, 1.165) is 6.42 Å². The van der Waals surface area contributed by atoms with Gasteiger partial charge in [0.1, 0.15) is 5.56 Å². The summed E-state index contributed by atoms with van der Waals surface area (Å²) >= 11 is 0. The van der Waals surface area contributed by atoms with Crippen molar-refractivity contribution in [1.29, 1.82) is 0 Å². The first kappa shape index (κ1) is 21.5. The van der Waals surface area contributed by atoms with Crippen molar-refractivity contribution in [2.75, 3.05) is 17.6 Å². The van der Waals surface area contributed by atoms with Gasteiger partial charge in [0.15, 0.2) is 5.82 Å². The minimum atomic E-state index is -1.42. The van der Waals surface area contributed by atoms with Crippen molar-refractivity contribution in [2.24, 2.45) is 0 Å². The van der Waals surface area contributed by atoms with Crippen LogP contribution in [0.5, 0.6) is 0 Å². The third kappa shape index (κ3) is 3.94. The highest BCUT2D eigenvalue weighted by Crippen LogP contribution is 2.40. The number of amides is 1. The van der Waals surface area contributed by atoms with Gasteiger partial charge in [-0.1, -0.05) is 30.3 Å². The Labute approximate surface area is 182 Å². The van der Waals surface area contributed by atoms with Gasteiger partial charge in [-0.15, -0.1) is 0 Å². The number of nitrogens with zero attached hydrogens (tertiary/aromatic N) is 1. The van der Waals surface area contributed by atoms with Crippen molar-refractivity contribution in [3.63, 3.8) is 0 Å². The van der Waals surface area contributed by atoms with E-state index in [1.54, 1.807) is 6.92 Å². The van der Waals surface area contributed by atoms with Crippen molar-refractivity contribution in [3.8, 4) is 0 Å². The number of anilines is 2. The Morgan fingerprint density at radius 1 is 1.28 bits per heavy atom. The van der Waals surface area contributed by atoms with Crippen LogP contribution in [0.3, 0.4) is 0 Å². The van der Waals surface area contributed by atoms with Gasteiger partial charge in [0, 0.05) is 24.7 Å². The number of rotatable bonds is 7. The molecule has 4 rings (SSSR count). The van der Waals surface area contributed by atoms with Gasteiger partial charge < -0.3 is 26.0 Å². The van der Waals surface area contributed by atoms with Gasteiger partial charge in [-0.3, -0.25) is 9.59 Å². The molecule has 0 saturated heterocycles. The van der Waals surface area contributed by atoms with Crippen LogP contribution >= 0.6 is 0 Å². The van der Waals surface area contributed by atoms with E-state index >= 15 is 0 Å². The summed E-state index contributed by atoms with van der Waals surface area (Å²) in [6.45, 7) is 2.06. The van der Waals surface area contributed by atoms with Crippen molar-refractivity contribution >= 4 is 34.2 Å². The smallest absolute Gasteiger partial charge is 0.341 e. The Morgan fingerprint density at radius 3 is 2.66 bits per heavy atom. The van der Waals surface area contributed by atoms with Gasteiger partial charge in [-0.05, 0) is 25.0 Å². The average Bonchev–Trinajstić information content (AvgIpc) is 3.56. The maximum atomic E-state index is 14.9. The Bertz CT molecular complexity index is 1270. The number of carboxylic acids is 1. The number of aromatic carboxylic acids is 1. The number of aryl methyl sites for hydroxylation is 1. The Balaban J connectivity index is 1.54. The van der Waals surface area contributed by atoms with E-state index in [9.17, 15) is 23.9 Å². The van der Waals surface area contributed by atoms with Crippen LogP contribution in [-0.4, -0.2) is 34.1 Å². The van der Waals surface area contributed by atoms with E-state index in [1.165, 1.54) is 22.4 Å². The molecular formula is C23H23FN4O4. The molecule has 0 aliphatic heterocycles. The SMILES string of the molecule is CCn1cc(C(=O)O)c(=O)c2c(N)c(F)c(NC(=O)CN[C@@H]3C[C@H]3c3ccccc3)cc21. The molecule has 1 aliphatic carbocycles. The fraction of sp³-hybridized carbons (Fsp3) is 0.261. The molecule has 0 spiro atoms. The van der Waals surface area contributed by atoms with E-state index in [0.29, 0.717) is 12.5 Å². The van der Waals surface area contributed by atoms with Crippen LogP contribution in [0.4, 0.5) is 15.8 Å². The standard InChI is InChI=1S/C23H23FN4O4/c1-2-28-11-14(23(31)32)22(30)19-17(28)9-16(20(24)21(19)25)27-18(29)10-26-15-8-13(15)12-6-4-3-5-7-12/h3-7,9,11,13,15,26H,2,8,10,25H2,1H3,(H,27,29)(H,31,32)/t13-,15+/m0/s1. The third-order valence-electron chi connectivity index (χ3n) is 5.73. The van der Waals surface area contributed by atoms with Gasteiger partial charge >= 0.3 is 5.97 Å². The number of carbonyl (C=O) groups excluding carboxylic acids is 1. The van der Waals surface area contributed by atoms with Gasteiger partial charge in [0.05, 0.1) is 28.8 Å². The quantitative estimate of drug-likeness (QED) is 0.420. The van der Waals surface area contributed by atoms with Gasteiger partial charge in [-0.2, -0.15) is 0 Å². The zero-order valence-electron chi connectivity index (χ0n) is 17.4. The van der Waals surface area contributed by atoms with Gasteiger partial charge in [-0.25, -0.2) is 9.18 Å². The molecule has 1 aliphatic rings. The molecule has 1 aromatic heterocycles. The maximum absolute atomic E-state index is 14.9. The van der Waals surface area contributed by atoms with Crippen LogP contribution in [0, 0.1) is 5.82 Å². The number of benzene rings is 2. The summed E-state index contributed by atoms with van der Waals surface area (Å²) in [5.74, 6) is -2.49. The number of nitrogens with one attached hydrogen (secondary N) is 2. The van der Waals surface area contributed by atoms with Crippen LogP contribution in [0.25, 0.3) is 10.9 Å². The van der Waals surface area contributed by atoms with Crippen molar-refractivity contribution in [3.05, 3.63) is 69.8 Å². The number of pyridine rings is 1. The van der Waals surface area contributed by atoms with E-state index in [2.05, 4.69) is 10.6 Å². The number of nitrogen functional groups attached to an aromatic ring is 1. The number of halogens is 1. The zero-order chi connectivity index (χ0) is 23.0. The molecule has 5 N–H and O–H groups in total. The molecule has 1 heterocycles. The van der Waals surface area contributed by atoms with Crippen molar-refractivity contribution in [2.45, 2.75) is 31.8 Å². The molecule has 32 heavy (non-hydrogen) atoms. The number of nitrogens with two attached hydrogens (primary N) is 1. The molecule has 1 amide bonds. The number of hydrogen-bond donors (Lipinski definition) is 4. The number of carboxylic acid groups (broad SMARTS) is 1. The molecule has 9 heteroatoms. The fourth-order valence-electron chi connectivity index (χ4n) is 3.96. The minimum absolute atomic E-state index is 0.0100. The first-order valence-electron chi connectivity index (χ1n) is 10.3. The van der Waals surface area contributed by atoms with Crippen LogP contribution in [0.15, 0.2) is 47.4 Å². The lowest BCUT2D eigenvalue weighted by Gasteiger charge is -2.15. The predicted molar refractivity (Wildman–Crippen MR) is 119 cm³/mol. The average molecular weight is 438 g/mol. The second-order valence-electron chi connectivity index (χ2n) is 7.80. The summed E-state index contributed by atoms with van der Waals surface area (Å²) in [5, 5.41) is 14.7. The predicted octanol–water partition coefficient (Wildman–Crippen LogP) is 2.53. The number of carbonyl (C=O) groups is 2. The van der Waals surface area contributed by atoms with E-state index < -0.39 is 34.4 Å². The van der Waals surface area contributed by atoms with Crippen LogP contribution < -0.4 is 21.8 Å². The second-order valence-corrected chi connectivity index (χ2v) is 7.80. The lowest BCUT2D eigenvalue weighted by atomic mass is 10.1. The second kappa shape index (κ2) is 8.43. The normalized spacial score (nSPS) is 17.3. The minimum Gasteiger partial charge on any atom is -0.477 e. The number of fused-ring (bicyclic) bond motifs is 1. The van der Waals surface area contributed by atoms with E-state index in [1.807, 2.05) is 30.3 Å². The summed E-state index contributed by atoms with van der Waals surface area (Å²) in [7, 11) is 0. The first-order chi connectivity index (χ1) is 15.3. The summed E-state index contributed by atoms with van der Waals surface area (Å²) in [4.78, 5) is 36.3. The highest BCUT2D eigenvalue weighted by atomic mass is 19.1. The molecule has 2 atom stereocenters. The van der Waals surface area contributed by atoms with Crippen LogP contribution in [0.2, 0.25) is 0 Å². The van der Waals surface area contributed by atoms with Crippen molar-refractivity contribution < 1.29 is 19.1 Å². The first-order valence-corrected chi connectivity index (χ1v) is 10.3. The van der Waals surface area contributed by atoms with Crippen LogP contribution in [-0.2, 0) is 11.3 Å². The maximum Gasteiger partial charge on any atom is 0.341 e. The zero-order valence-corrected chi connectivity index (χ0v) is 17.4. The highest BCUT2D eigenvalue weighted by Gasteiger charge is 2.38. The van der Waals surface area contributed by atoms with Crippen molar-refractivity contribution in [1.82, 2.24) is 9.88 Å². The molecule has 0 bridgehead atoms. The largest absolute Gasteiger partial charge is 0.477 e. The summed E-state index contributed by atoms with van der Waals surface area (Å²) in [6.07, 6.45) is 2.11. The summed E-state index contributed by atoms with van der Waals surface area (Å²) in [5.41, 5.74) is 5.29. The Kier molecular flexibility index (Phi) is 5.67. The molecule has 1 saturated carbocycles. The summed E-state index contributed by atoms with van der Waals surface area (Å²) < 4.78 is 16.4.